The van der Waals surface area contributed by atoms with Crippen molar-refractivity contribution in [2.24, 2.45) is 5.92 Å². The average molecular weight is 252 g/mol. The smallest absolute Gasteiger partial charge is 0.113 e. The zero-order valence-electron chi connectivity index (χ0n) is 10.5. The molecule has 2 rings (SSSR count). The molecular formula is C13H20N2OS. The van der Waals surface area contributed by atoms with E-state index in [1.54, 1.807) is 6.26 Å². The Balaban J connectivity index is 2.04. The molecule has 0 aliphatic carbocycles. The second kappa shape index (κ2) is 5.54. The predicted octanol–water partition coefficient (Wildman–Crippen LogP) is 2.63. The first-order valence-electron chi connectivity index (χ1n) is 6.10. The number of nitrogens with one attached hydrogen (secondary N) is 1. The molecule has 1 heterocycles. The van der Waals surface area contributed by atoms with Gasteiger partial charge in [-0.25, -0.2) is 4.21 Å². The van der Waals surface area contributed by atoms with Crippen LogP contribution in [0.5, 0.6) is 0 Å². The predicted molar refractivity (Wildman–Crippen MR) is 74.7 cm³/mol. The second-order valence-corrected chi connectivity index (χ2v) is 5.91. The highest BCUT2D eigenvalue weighted by Crippen LogP contribution is 2.24. The number of benzene rings is 1. The molecule has 0 radical (unpaired) electrons. The van der Waals surface area contributed by atoms with Crippen molar-refractivity contribution in [1.82, 2.24) is 0 Å². The van der Waals surface area contributed by atoms with Crippen molar-refractivity contribution in [3.63, 3.8) is 0 Å². The van der Waals surface area contributed by atoms with Crippen LogP contribution in [0.1, 0.15) is 19.8 Å². The molecule has 1 saturated heterocycles. The first-order chi connectivity index (χ1) is 8.15. The first kappa shape index (κ1) is 12.4. The summed E-state index contributed by atoms with van der Waals surface area (Å²) in [5.74, 6) is 0.782. The summed E-state index contributed by atoms with van der Waals surface area (Å²) in [7, 11) is -0.997. The van der Waals surface area contributed by atoms with Crippen LogP contribution in [0.15, 0.2) is 24.3 Å². The minimum atomic E-state index is -0.997. The third-order valence-corrected chi connectivity index (χ3v) is 3.67. The Kier molecular flexibility index (Phi) is 4.05. The van der Waals surface area contributed by atoms with Crippen LogP contribution in [0.4, 0.5) is 11.4 Å². The number of hydrogen-bond donors (Lipinski definition) is 1. The topological polar surface area (TPSA) is 32.3 Å². The van der Waals surface area contributed by atoms with Crippen molar-refractivity contribution in [2.75, 3.05) is 29.0 Å². The van der Waals surface area contributed by atoms with Gasteiger partial charge in [0, 0.05) is 30.7 Å². The quantitative estimate of drug-likeness (QED) is 0.897. The molecule has 17 heavy (non-hydrogen) atoms. The lowest BCUT2D eigenvalue weighted by molar-refractivity contribution is 0.447. The van der Waals surface area contributed by atoms with Crippen molar-refractivity contribution in [3.8, 4) is 0 Å². The van der Waals surface area contributed by atoms with Crippen molar-refractivity contribution in [3.05, 3.63) is 24.3 Å². The van der Waals surface area contributed by atoms with Gasteiger partial charge >= 0.3 is 0 Å². The van der Waals surface area contributed by atoms with Gasteiger partial charge in [-0.3, -0.25) is 0 Å². The lowest BCUT2D eigenvalue weighted by Gasteiger charge is -2.32. The van der Waals surface area contributed by atoms with E-state index in [2.05, 4.69) is 28.7 Å². The highest BCUT2D eigenvalue weighted by Gasteiger charge is 2.16. The van der Waals surface area contributed by atoms with Crippen LogP contribution in [-0.4, -0.2) is 23.6 Å². The van der Waals surface area contributed by atoms with Crippen LogP contribution < -0.4 is 9.62 Å². The Morgan fingerprint density at radius 2 is 2.06 bits per heavy atom. The molecule has 1 aliphatic heterocycles. The van der Waals surface area contributed by atoms with Crippen LogP contribution >= 0.6 is 0 Å². The van der Waals surface area contributed by atoms with E-state index in [1.165, 1.54) is 18.5 Å². The molecule has 2 atom stereocenters. The van der Waals surface area contributed by atoms with E-state index < -0.39 is 11.0 Å². The zero-order valence-corrected chi connectivity index (χ0v) is 11.3. The van der Waals surface area contributed by atoms with Crippen molar-refractivity contribution >= 4 is 22.4 Å². The maximum atomic E-state index is 11.0. The van der Waals surface area contributed by atoms with Gasteiger partial charge in [0.1, 0.15) is 11.0 Å². The van der Waals surface area contributed by atoms with Gasteiger partial charge in [-0.05, 0) is 43.0 Å². The van der Waals surface area contributed by atoms with Crippen LogP contribution in [0, 0.1) is 5.92 Å². The van der Waals surface area contributed by atoms with Crippen molar-refractivity contribution < 1.29 is 4.21 Å². The average Bonchev–Trinajstić information content (AvgIpc) is 2.29. The van der Waals surface area contributed by atoms with E-state index in [4.69, 9.17) is 0 Å². The van der Waals surface area contributed by atoms with Crippen LogP contribution in [0.25, 0.3) is 0 Å². The van der Waals surface area contributed by atoms with Crippen LogP contribution in [0.3, 0.4) is 0 Å². The van der Waals surface area contributed by atoms with E-state index in [0.29, 0.717) is 0 Å². The summed E-state index contributed by atoms with van der Waals surface area (Å²) in [5, 5.41) is 0. The summed E-state index contributed by atoms with van der Waals surface area (Å²) in [6.45, 7) is 4.60. The highest BCUT2D eigenvalue weighted by molar-refractivity contribution is 7.85. The number of anilines is 2. The molecular weight excluding hydrogens is 232 g/mol. The summed E-state index contributed by atoms with van der Waals surface area (Å²) in [5.41, 5.74) is 2.18. The molecule has 0 amide bonds. The highest BCUT2D eigenvalue weighted by atomic mass is 32.2. The maximum absolute atomic E-state index is 11.0. The third kappa shape index (κ3) is 3.46. The third-order valence-electron chi connectivity index (χ3n) is 3.15. The molecule has 4 heteroatoms. The molecule has 3 nitrogen and oxygen atoms in total. The summed E-state index contributed by atoms with van der Waals surface area (Å²) in [4.78, 5) is 2.43. The molecule has 1 aromatic rings. The SMILES string of the molecule is CC1CCCN(c2ccc(NS(C)=O)cc2)C1. The first-order valence-corrected chi connectivity index (χ1v) is 7.66. The van der Waals surface area contributed by atoms with Gasteiger partial charge in [0.2, 0.25) is 0 Å². The molecule has 1 aliphatic rings. The van der Waals surface area contributed by atoms with E-state index >= 15 is 0 Å². The maximum Gasteiger partial charge on any atom is 0.113 e. The molecule has 0 saturated carbocycles. The molecule has 0 spiro atoms. The van der Waals surface area contributed by atoms with Gasteiger partial charge < -0.3 is 9.62 Å². The summed E-state index contributed by atoms with van der Waals surface area (Å²) >= 11 is 0. The Hall–Kier alpha value is -1.03. The van der Waals surface area contributed by atoms with Gasteiger partial charge in [0.15, 0.2) is 0 Å². The number of rotatable bonds is 3. The second-order valence-electron chi connectivity index (χ2n) is 4.80. The van der Waals surface area contributed by atoms with Gasteiger partial charge in [-0.2, -0.15) is 0 Å². The molecule has 0 bridgehead atoms. The van der Waals surface area contributed by atoms with Crippen molar-refractivity contribution in [2.45, 2.75) is 19.8 Å². The Bertz CT molecular complexity index is 391. The normalized spacial score (nSPS) is 22.2. The standard InChI is InChI=1S/C13H20N2OS/c1-11-4-3-9-15(10-11)13-7-5-12(6-8-13)14-17(2)16/h5-8,11,14H,3-4,9-10H2,1-2H3. The Labute approximate surface area is 106 Å². The monoisotopic (exact) mass is 252 g/mol. The van der Waals surface area contributed by atoms with Gasteiger partial charge in [-0.15, -0.1) is 0 Å². The molecule has 2 unspecified atom stereocenters. The number of nitrogens with zero attached hydrogens (tertiary/aromatic N) is 1. The fourth-order valence-corrected chi connectivity index (χ4v) is 2.80. The van der Waals surface area contributed by atoms with Gasteiger partial charge in [-0.1, -0.05) is 6.92 Å². The summed E-state index contributed by atoms with van der Waals surface area (Å²) in [6, 6.07) is 8.20. The molecule has 0 aromatic heterocycles. The van der Waals surface area contributed by atoms with Crippen LogP contribution in [-0.2, 0) is 11.0 Å². The molecule has 1 aromatic carbocycles. The number of piperidine rings is 1. The molecule has 94 valence electrons. The fourth-order valence-electron chi connectivity index (χ4n) is 2.33. The largest absolute Gasteiger partial charge is 0.371 e. The van der Waals surface area contributed by atoms with E-state index in [1.807, 2.05) is 12.1 Å². The lowest BCUT2D eigenvalue weighted by atomic mass is 10.00. The van der Waals surface area contributed by atoms with Crippen LogP contribution in [0.2, 0.25) is 0 Å². The van der Waals surface area contributed by atoms with Gasteiger partial charge in [0.25, 0.3) is 0 Å². The number of hydrogen-bond acceptors (Lipinski definition) is 2. The lowest BCUT2D eigenvalue weighted by Crippen LogP contribution is -2.34. The summed E-state index contributed by atoms with van der Waals surface area (Å²) in [6.07, 6.45) is 4.26. The Morgan fingerprint density at radius 1 is 1.35 bits per heavy atom. The molecule has 1 fully saturated rings. The zero-order chi connectivity index (χ0) is 12.3. The van der Waals surface area contributed by atoms with E-state index in [9.17, 15) is 4.21 Å². The van der Waals surface area contributed by atoms with Crippen molar-refractivity contribution in [1.29, 1.82) is 0 Å². The fraction of sp³-hybridized carbons (Fsp3) is 0.538. The van der Waals surface area contributed by atoms with Gasteiger partial charge in [0.05, 0.1) is 0 Å². The van der Waals surface area contributed by atoms with E-state index in [-0.39, 0.29) is 0 Å². The summed E-state index contributed by atoms with van der Waals surface area (Å²) < 4.78 is 13.9. The minimum Gasteiger partial charge on any atom is -0.371 e. The van der Waals surface area contributed by atoms with E-state index in [0.717, 1.165) is 24.7 Å². The molecule has 1 N–H and O–H groups in total. The Morgan fingerprint density at radius 3 is 2.65 bits per heavy atom. The minimum absolute atomic E-state index is 0.782.